The molecule has 4 nitrogen and oxygen atoms in total. The monoisotopic (exact) mass is 345 g/mol. The van der Waals surface area contributed by atoms with Gasteiger partial charge in [0, 0.05) is 29.1 Å². The summed E-state index contributed by atoms with van der Waals surface area (Å²) in [6, 6.07) is 16.9. The van der Waals surface area contributed by atoms with Gasteiger partial charge in [0.25, 0.3) is 0 Å². The molecule has 0 heterocycles. The second-order valence-electron chi connectivity index (χ2n) is 5.79. The van der Waals surface area contributed by atoms with Crippen LogP contribution in [0.2, 0.25) is 0 Å². The maximum absolute atomic E-state index is 12.4. The van der Waals surface area contributed by atoms with E-state index in [2.05, 4.69) is 0 Å². The maximum atomic E-state index is 12.4. The summed E-state index contributed by atoms with van der Waals surface area (Å²) in [7, 11) is 0.407. The lowest BCUT2D eigenvalue weighted by Crippen LogP contribution is -2.31. The van der Waals surface area contributed by atoms with Crippen molar-refractivity contribution in [2.24, 2.45) is 0 Å². The number of ether oxygens (including phenoxy) is 1. The Morgan fingerprint density at radius 2 is 1.71 bits per heavy atom. The smallest absolute Gasteiger partial charge is 0.239 e. The first-order valence-electron chi connectivity index (χ1n) is 7.88. The van der Waals surface area contributed by atoms with Crippen molar-refractivity contribution in [3.05, 3.63) is 60.2 Å². The van der Waals surface area contributed by atoms with Crippen molar-refractivity contribution < 1.29 is 13.7 Å². The predicted octanol–water partition coefficient (Wildman–Crippen LogP) is 3.39. The summed E-state index contributed by atoms with van der Waals surface area (Å²) in [5.41, 5.74) is 1.66. The number of rotatable bonds is 7. The molecule has 1 atom stereocenters. The van der Waals surface area contributed by atoms with Crippen LogP contribution in [0.1, 0.15) is 19.4 Å². The van der Waals surface area contributed by atoms with Gasteiger partial charge in [-0.3, -0.25) is 9.00 Å². The molecule has 2 rings (SSSR count). The second-order valence-corrected chi connectivity index (χ2v) is 7.25. The first-order valence-corrected chi connectivity index (χ1v) is 9.37. The van der Waals surface area contributed by atoms with E-state index < -0.39 is 10.8 Å². The summed E-state index contributed by atoms with van der Waals surface area (Å²) in [5.74, 6) is 0.852. The Kier molecular flexibility index (Phi) is 6.55. The molecule has 2 aromatic carbocycles. The lowest BCUT2D eigenvalue weighted by atomic mass is 10.2. The van der Waals surface area contributed by atoms with Gasteiger partial charge in [-0.05, 0) is 32.0 Å². The van der Waals surface area contributed by atoms with Gasteiger partial charge >= 0.3 is 0 Å². The Balaban J connectivity index is 2.00. The van der Waals surface area contributed by atoms with E-state index in [0.29, 0.717) is 5.75 Å². The fourth-order valence-corrected chi connectivity index (χ4v) is 3.40. The van der Waals surface area contributed by atoms with Crippen LogP contribution in [0.5, 0.6) is 5.75 Å². The van der Waals surface area contributed by atoms with E-state index in [1.165, 1.54) is 4.90 Å². The molecule has 1 unspecified atom stereocenters. The van der Waals surface area contributed by atoms with Crippen LogP contribution in [0.3, 0.4) is 0 Å². The Morgan fingerprint density at radius 3 is 2.38 bits per heavy atom. The van der Waals surface area contributed by atoms with Gasteiger partial charge < -0.3 is 9.64 Å². The van der Waals surface area contributed by atoms with Crippen molar-refractivity contribution in [1.82, 2.24) is 0 Å². The van der Waals surface area contributed by atoms with Gasteiger partial charge in [-0.2, -0.15) is 0 Å². The van der Waals surface area contributed by atoms with Gasteiger partial charge in [0.1, 0.15) is 11.5 Å². The Bertz CT molecular complexity index is 701. The van der Waals surface area contributed by atoms with Gasteiger partial charge in [-0.15, -0.1) is 0 Å². The number of para-hydroxylation sites is 2. The molecular weight excluding hydrogens is 322 g/mol. The quantitative estimate of drug-likeness (QED) is 0.773. The SMILES string of the molecule is CC(C)Oc1ccccc1CS(=O)CC(=O)N(C)c1ccccc1. The van der Waals surface area contributed by atoms with E-state index >= 15 is 0 Å². The summed E-state index contributed by atoms with van der Waals surface area (Å²) in [5, 5.41) is 0. The van der Waals surface area contributed by atoms with Crippen LogP contribution >= 0.6 is 0 Å². The minimum atomic E-state index is -1.29. The van der Waals surface area contributed by atoms with Crippen molar-refractivity contribution in [3.8, 4) is 5.75 Å². The number of amides is 1. The molecule has 0 spiro atoms. The molecule has 0 aliphatic carbocycles. The third-order valence-electron chi connectivity index (χ3n) is 3.45. The van der Waals surface area contributed by atoms with Crippen LogP contribution in [-0.2, 0) is 21.3 Å². The molecule has 0 fully saturated rings. The van der Waals surface area contributed by atoms with Crippen molar-refractivity contribution in [2.75, 3.05) is 17.7 Å². The van der Waals surface area contributed by atoms with Gasteiger partial charge in [-0.25, -0.2) is 0 Å². The fourth-order valence-electron chi connectivity index (χ4n) is 2.25. The summed E-state index contributed by atoms with van der Waals surface area (Å²) in [6.45, 7) is 3.90. The minimum Gasteiger partial charge on any atom is -0.491 e. The highest BCUT2D eigenvalue weighted by molar-refractivity contribution is 7.85. The molecule has 0 aliphatic rings. The molecule has 2 aromatic rings. The molecule has 0 N–H and O–H groups in total. The van der Waals surface area contributed by atoms with Crippen molar-refractivity contribution in [1.29, 1.82) is 0 Å². The molecule has 0 aliphatic heterocycles. The van der Waals surface area contributed by atoms with Crippen molar-refractivity contribution in [3.63, 3.8) is 0 Å². The molecule has 5 heteroatoms. The van der Waals surface area contributed by atoms with E-state index in [1.54, 1.807) is 7.05 Å². The van der Waals surface area contributed by atoms with Crippen LogP contribution < -0.4 is 9.64 Å². The van der Waals surface area contributed by atoms with Gasteiger partial charge in [-0.1, -0.05) is 36.4 Å². The van der Waals surface area contributed by atoms with Gasteiger partial charge in [0.2, 0.25) is 5.91 Å². The maximum Gasteiger partial charge on any atom is 0.239 e. The number of benzene rings is 2. The molecule has 24 heavy (non-hydrogen) atoms. The van der Waals surface area contributed by atoms with Crippen LogP contribution in [-0.4, -0.2) is 29.0 Å². The topological polar surface area (TPSA) is 46.6 Å². The Morgan fingerprint density at radius 1 is 1.08 bits per heavy atom. The Hall–Kier alpha value is -2.14. The van der Waals surface area contributed by atoms with E-state index in [-0.39, 0.29) is 17.8 Å². The molecule has 1 amide bonds. The number of carbonyl (C=O) groups excluding carboxylic acids is 1. The Labute approximate surface area is 145 Å². The van der Waals surface area contributed by atoms with Crippen LogP contribution in [0.25, 0.3) is 0 Å². The average molecular weight is 345 g/mol. The molecule has 128 valence electrons. The normalized spacial score (nSPS) is 12.0. The number of hydrogen-bond acceptors (Lipinski definition) is 3. The lowest BCUT2D eigenvalue weighted by Gasteiger charge is -2.17. The van der Waals surface area contributed by atoms with Gasteiger partial charge in [0.15, 0.2) is 0 Å². The zero-order valence-corrected chi connectivity index (χ0v) is 15.1. The zero-order chi connectivity index (χ0) is 17.5. The largest absolute Gasteiger partial charge is 0.491 e. The molecule has 0 saturated heterocycles. The second kappa shape index (κ2) is 8.64. The molecule has 0 aromatic heterocycles. The van der Waals surface area contributed by atoms with E-state index in [0.717, 1.165) is 17.0 Å². The van der Waals surface area contributed by atoms with E-state index in [4.69, 9.17) is 4.74 Å². The van der Waals surface area contributed by atoms with Crippen LogP contribution in [0, 0.1) is 0 Å². The standard InChI is InChI=1S/C19H23NO3S/c1-15(2)23-18-12-8-7-9-16(18)13-24(22)14-19(21)20(3)17-10-5-4-6-11-17/h4-12,15H,13-14H2,1-3H3. The molecule has 0 bridgehead atoms. The first kappa shape index (κ1) is 18.2. The molecular formula is C19H23NO3S. The lowest BCUT2D eigenvalue weighted by molar-refractivity contribution is -0.115. The van der Waals surface area contributed by atoms with Crippen LogP contribution in [0.15, 0.2) is 54.6 Å². The summed E-state index contributed by atoms with van der Waals surface area (Å²) in [4.78, 5) is 13.8. The molecule has 0 saturated carbocycles. The minimum absolute atomic E-state index is 0.0125. The summed E-state index contributed by atoms with van der Waals surface area (Å²) >= 11 is 0. The summed E-state index contributed by atoms with van der Waals surface area (Å²) < 4.78 is 18.1. The first-order chi connectivity index (χ1) is 11.5. The van der Waals surface area contributed by atoms with Crippen LogP contribution in [0.4, 0.5) is 5.69 Å². The highest BCUT2D eigenvalue weighted by Crippen LogP contribution is 2.21. The third-order valence-corrected chi connectivity index (χ3v) is 4.66. The number of hydrogen-bond donors (Lipinski definition) is 0. The zero-order valence-electron chi connectivity index (χ0n) is 14.3. The van der Waals surface area contributed by atoms with Gasteiger partial charge in [0.05, 0.1) is 11.9 Å². The number of anilines is 1. The average Bonchev–Trinajstić information content (AvgIpc) is 2.56. The number of nitrogens with zero attached hydrogens (tertiary/aromatic N) is 1. The fraction of sp³-hybridized carbons (Fsp3) is 0.316. The summed E-state index contributed by atoms with van der Waals surface area (Å²) in [6.07, 6.45) is 0.0467. The number of carbonyl (C=O) groups is 1. The predicted molar refractivity (Wildman–Crippen MR) is 98.8 cm³/mol. The highest BCUT2D eigenvalue weighted by atomic mass is 32.2. The third kappa shape index (κ3) is 5.20. The van der Waals surface area contributed by atoms with E-state index in [1.807, 2.05) is 68.4 Å². The molecule has 0 radical (unpaired) electrons. The van der Waals surface area contributed by atoms with E-state index in [9.17, 15) is 9.00 Å². The highest BCUT2D eigenvalue weighted by Gasteiger charge is 2.16. The van der Waals surface area contributed by atoms with Crippen molar-refractivity contribution in [2.45, 2.75) is 25.7 Å². The van der Waals surface area contributed by atoms with Crippen molar-refractivity contribution >= 4 is 22.4 Å².